The number of para-hydroxylation sites is 2. The van der Waals surface area contributed by atoms with E-state index in [0.717, 1.165) is 0 Å². The minimum absolute atomic E-state index is 0. The van der Waals surface area contributed by atoms with E-state index in [-0.39, 0.29) is 63.2 Å². The van der Waals surface area contributed by atoms with Crippen molar-refractivity contribution in [1.29, 1.82) is 0 Å². The maximum Gasteiger partial charge on any atom is 2.00 e. The average molecular weight is 249 g/mol. The van der Waals surface area contributed by atoms with Crippen molar-refractivity contribution in [3.63, 3.8) is 0 Å². The number of hydrogen-bond acceptors (Lipinski definition) is 2. The van der Waals surface area contributed by atoms with Crippen LogP contribution in [0.2, 0.25) is 0 Å². The number of phenols is 2. The van der Waals surface area contributed by atoms with E-state index in [4.69, 9.17) is 10.2 Å². The standard InChI is InChI=1S/C6H6O2.Ba.2H/c7-5-3-1-2-4-6(5)8;;;/h1-4,7-8H;;;/q;+2;2*-1. The Morgan fingerprint density at radius 1 is 1.00 bits per heavy atom. The summed E-state index contributed by atoms with van der Waals surface area (Å²) < 4.78 is 0. The summed E-state index contributed by atoms with van der Waals surface area (Å²) in [4.78, 5) is 0. The van der Waals surface area contributed by atoms with Crippen molar-refractivity contribution in [3.8, 4) is 11.5 Å². The quantitative estimate of drug-likeness (QED) is 0.531. The molecule has 0 heterocycles. The Balaban J connectivity index is -0.000000213. The second-order valence-corrected chi connectivity index (χ2v) is 1.49. The summed E-state index contributed by atoms with van der Waals surface area (Å²) in [7, 11) is 0. The van der Waals surface area contributed by atoms with Crippen molar-refractivity contribution < 1.29 is 13.1 Å². The molecule has 0 aromatic heterocycles. The van der Waals surface area contributed by atoms with Crippen LogP contribution in [0.25, 0.3) is 0 Å². The number of phenolic OH excluding ortho intramolecular Hbond substituents is 2. The Morgan fingerprint density at radius 2 is 1.33 bits per heavy atom. The monoisotopic (exact) mass is 250 g/mol. The fourth-order valence-electron chi connectivity index (χ4n) is 0.464. The summed E-state index contributed by atoms with van der Waals surface area (Å²) in [6.45, 7) is 0. The first-order chi connectivity index (χ1) is 3.80. The molecule has 3 heteroatoms. The molecule has 0 bridgehead atoms. The maximum atomic E-state index is 8.67. The third-order valence-electron chi connectivity index (χ3n) is 0.882. The van der Waals surface area contributed by atoms with E-state index in [9.17, 15) is 0 Å². The van der Waals surface area contributed by atoms with Crippen LogP contribution in [-0.4, -0.2) is 59.1 Å². The molecule has 0 saturated heterocycles. The molecule has 0 atom stereocenters. The fourth-order valence-corrected chi connectivity index (χ4v) is 0.464. The van der Waals surface area contributed by atoms with Crippen molar-refractivity contribution in [2.45, 2.75) is 0 Å². The molecule has 0 saturated carbocycles. The molecule has 2 N–H and O–H groups in total. The smallest absolute Gasteiger partial charge is 1.00 e. The van der Waals surface area contributed by atoms with Crippen molar-refractivity contribution in [2.24, 2.45) is 0 Å². The van der Waals surface area contributed by atoms with E-state index in [2.05, 4.69) is 0 Å². The predicted molar refractivity (Wildman–Crippen MR) is 37.7 cm³/mol. The number of rotatable bonds is 0. The van der Waals surface area contributed by atoms with Crippen LogP contribution >= 0.6 is 0 Å². The molecule has 1 rings (SSSR count). The van der Waals surface area contributed by atoms with Crippen LogP contribution < -0.4 is 0 Å². The first-order valence-electron chi connectivity index (χ1n) is 2.27. The Labute approximate surface area is 96.6 Å². The molecule has 0 aliphatic heterocycles. The molecule has 46 valence electrons. The first-order valence-corrected chi connectivity index (χ1v) is 2.27. The summed E-state index contributed by atoms with van der Waals surface area (Å²) in [6, 6.07) is 6.15. The second kappa shape index (κ2) is 4.25. The number of benzene rings is 1. The minimum Gasteiger partial charge on any atom is -1.00 e. The number of aromatic hydroxyl groups is 2. The van der Waals surface area contributed by atoms with Gasteiger partial charge in [-0.15, -0.1) is 0 Å². The average Bonchev–Trinajstić information content (AvgIpc) is 1.77. The van der Waals surface area contributed by atoms with Crippen LogP contribution in [0.5, 0.6) is 11.5 Å². The zero-order valence-electron chi connectivity index (χ0n) is 6.91. The van der Waals surface area contributed by atoms with E-state index in [1.807, 2.05) is 0 Å². The van der Waals surface area contributed by atoms with E-state index < -0.39 is 0 Å². The van der Waals surface area contributed by atoms with E-state index in [0.29, 0.717) is 0 Å². The third kappa shape index (κ3) is 2.64. The fraction of sp³-hybridized carbons (Fsp3) is 0. The van der Waals surface area contributed by atoms with Crippen molar-refractivity contribution in [2.75, 3.05) is 0 Å². The normalized spacial score (nSPS) is 8.00. The van der Waals surface area contributed by atoms with Crippen molar-refractivity contribution >= 4 is 48.9 Å². The molecule has 0 aliphatic carbocycles. The van der Waals surface area contributed by atoms with Crippen LogP contribution in [0.1, 0.15) is 2.85 Å². The summed E-state index contributed by atoms with van der Waals surface area (Å²) in [5.41, 5.74) is 0. The molecule has 0 spiro atoms. The van der Waals surface area contributed by atoms with Crippen LogP contribution in [0.4, 0.5) is 0 Å². The van der Waals surface area contributed by atoms with Gasteiger partial charge in [-0.2, -0.15) is 0 Å². The topological polar surface area (TPSA) is 40.5 Å². The second-order valence-electron chi connectivity index (χ2n) is 1.49. The summed E-state index contributed by atoms with van der Waals surface area (Å²) in [5, 5.41) is 17.3. The van der Waals surface area contributed by atoms with Crippen LogP contribution in [0, 0.1) is 0 Å². The Morgan fingerprint density at radius 3 is 1.56 bits per heavy atom. The van der Waals surface area contributed by atoms with Crippen LogP contribution in [0.3, 0.4) is 0 Å². The molecular weight excluding hydrogens is 241 g/mol. The molecule has 1 aromatic rings. The zero-order valence-corrected chi connectivity index (χ0v) is 9.35. The van der Waals surface area contributed by atoms with Crippen LogP contribution in [-0.2, 0) is 0 Å². The molecule has 9 heavy (non-hydrogen) atoms. The molecular formula is C6H8BaO2. The van der Waals surface area contributed by atoms with Gasteiger partial charge in [0.25, 0.3) is 0 Å². The molecule has 1 aromatic carbocycles. The molecule has 0 amide bonds. The van der Waals surface area contributed by atoms with Gasteiger partial charge >= 0.3 is 48.9 Å². The zero-order chi connectivity index (χ0) is 5.98. The van der Waals surface area contributed by atoms with Gasteiger partial charge in [0.1, 0.15) is 0 Å². The van der Waals surface area contributed by atoms with Gasteiger partial charge in [0.2, 0.25) is 0 Å². The minimum atomic E-state index is -0.0764. The van der Waals surface area contributed by atoms with Gasteiger partial charge < -0.3 is 13.1 Å². The third-order valence-corrected chi connectivity index (χ3v) is 0.882. The molecule has 0 unspecified atom stereocenters. The first kappa shape index (κ1) is 9.39. The van der Waals surface area contributed by atoms with Gasteiger partial charge in [0.05, 0.1) is 0 Å². The van der Waals surface area contributed by atoms with Gasteiger partial charge in [-0.25, -0.2) is 0 Å². The van der Waals surface area contributed by atoms with E-state index in [1.165, 1.54) is 12.1 Å². The van der Waals surface area contributed by atoms with E-state index in [1.54, 1.807) is 12.1 Å². The summed E-state index contributed by atoms with van der Waals surface area (Å²) >= 11 is 0. The summed E-state index contributed by atoms with van der Waals surface area (Å²) in [6.07, 6.45) is 0. The van der Waals surface area contributed by atoms with Gasteiger partial charge in [-0.1, -0.05) is 12.1 Å². The van der Waals surface area contributed by atoms with E-state index >= 15 is 0 Å². The van der Waals surface area contributed by atoms with Gasteiger partial charge in [0.15, 0.2) is 11.5 Å². The summed E-state index contributed by atoms with van der Waals surface area (Å²) in [5.74, 6) is -0.153. The van der Waals surface area contributed by atoms with Crippen LogP contribution in [0.15, 0.2) is 24.3 Å². The Bertz CT molecular complexity index is 175. The Kier molecular flexibility index (Phi) is 4.43. The maximum absolute atomic E-state index is 8.67. The van der Waals surface area contributed by atoms with Crippen molar-refractivity contribution in [1.82, 2.24) is 0 Å². The number of hydrogen-bond donors (Lipinski definition) is 2. The largest absolute Gasteiger partial charge is 2.00 e. The Hall–Kier alpha value is 0.391. The van der Waals surface area contributed by atoms with Gasteiger partial charge in [0, 0.05) is 0 Å². The van der Waals surface area contributed by atoms with Gasteiger partial charge in [-0.05, 0) is 12.1 Å². The predicted octanol–water partition coefficient (Wildman–Crippen LogP) is 0.942. The molecule has 0 aliphatic rings. The molecule has 0 fully saturated rings. The molecule has 2 nitrogen and oxygen atoms in total. The molecule has 0 radical (unpaired) electrons. The van der Waals surface area contributed by atoms with Gasteiger partial charge in [-0.3, -0.25) is 0 Å². The van der Waals surface area contributed by atoms with Crippen molar-refractivity contribution in [3.05, 3.63) is 24.3 Å². The SMILES string of the molecule is Oc1ccccc1O.[Ba+2].[H-].[H-].